The molecule has 1 fully saturated rings. The minimum Gasteiger partial charge on any atom is -0.506 e. The van der Waals surface area contributed by atoms with Crippen LogP contribution in [0.4, 0.5) is 5.69 Å². The second-order valence-electron chi connectivity index (χ2n) is 4.75. The molecule has 5 heteroatoms. The van der Waals surface area contributed by atoms with Crippen molar-refractivity contribution < 1.29 is 14.6 Å². The second kappa shape index (κ2) is 6.04. The highest BCUT2D eigenvalue weighted by Gasteiger charge is 2.29. The van der Waals surface area contributed by atoms with Crippen LogP contribution >= 0.6 is 0 Å². The summed E-state index contributed by atoms with van der Waals surface area (Å²) in [5, 5.41) is 15.6. The summed E-state index contributed by atoms with van der Waals surface area (Å²) < 4.78 is 5.21. The molecule has 0 bridgehead atoms. The quantitative estimate of drug-likeness (QED) is 0.716. The van der Waals surface area contributed by atoms with E-state index in [1.807, 2.05) is 13.0 Å². The van der Waals surface area contributed by atoms with Gasteiger partial charge in [0.25, 0.3) is 0 Å². The molecule has 19 heavy (non-hydrogen) atoms. The number of aryl methyl sites for hydroxylation is 1. The molecule has 0 spiro atoms. The number of hydrogen-bond acceptors (Lipinski definition) is 4. The van der Waals surface area contributed by atoms with E-state index < -0.39 is 0 Å². The van der Waals surface area contributed by atoms with Gasteiger partial charge in [-0.05, 0) is 30.5 Å². The first kappa shape index (κ1) is 13.8. The Morgan fingerprint density at radius 3 is 3.00 bits per heavy atom. The van der Waals surface area contributed by atoms with Gasteiger partial charge in [-0.15, -0.1) is 0 Å². The molecule has 2 atom stereocenters. The molecule has 5 nitrogen and oxygen atoms in total. The molecule has 1 aromatic carbocycles. The lowest BCUT2D eigenvalue weighted by Gasteiger charge is -2.13. The van der Waals surface area contributed by atoms with Crippen LogP contribution in [0.2, 0.25) is 0 Å². The minimum absolute atomic E-state index is 0.0753. The number of carbonyl (C=O) groups excluding carboxylic acids is 1. The Balaban J connectivity index is 2.03. The van der Waals surface area contributed by atoms with Crippen molar-refractivity contribution in [2.24, 2.45) is 0 Å². The molecule has 0 radical (unpaired) electrons. The van der Waals surface area contributed by atoms with Crippen molar-refractivity contribution >= 4 is 11.6 Å². The van der Waals surface area contributed by atoms with E-state index in [4.69, 9.17) is 4.74 Å². The van der Waals surface area contributed by atoms with Crippen molar-refractivity contribution in [3.8, 4) is 5.75 Å². The topological polar surface area (TPSA) is 70.6 Å². The minimum atomic E-state index is -0.269. The van der Waals surface area contributed by atoms with E-state index in [-0.39, 0.29) is 23.8 Å². The zero-order valence-electron chi connectivity index (χ0n) is 11.3. The zero-order valence-corrected chi connectivity index (χ0v) is 11.3. The number of rotatable bonds is 4. The number of anilines is 1. The van der Waals surface area contributed by atoms with E-state index in [0.717, 1.165) is 12.0 Å². The maximum Gasteiger partial charge on any atom is 0.241 e. The van der Waals surface area contributed by atoms with E-state index >= 15 is 0 Å². The summed E-state index contributed by atoms with van der Waals surface area (Å²) in [5.74, 6) is -0.0464. The third-order valence-electron chi connectivity index (χ3n) is 3.47. The van der Waals surface area contributed by atoms with Gasteiger partial charge in [0, 0.05) is 13.7 Å². The molecule has 1 aromatic rings. The number of phenols is 1. The summed E-state index contributed by atoms with van der Waals surface area (Å²) in [6.07, 6.45) is 1.58. The number of amides is 1. The van der Waals surface area contributed by atoms with Crippen molar-refractivity contribution in [2.45, 2.75) is 31.9 Å². The van der Waals surface area contributed by atoms with Crippen molar-refractivity contribution in [3.05, 3.63) is 23.8 Å². The molecule has 0 aromatic heterocycles. The number of methoxy groups -OCH3 is 1. The highest BCUT2D eigenvalue weighted by Crippen LogP contribution is 2.25. The largest absolute Gasteiger partial charge is 0.506 e. The number of ether oxygens (including phenoxy) is 1. The Labute approximate surface area is 113 Å². The lowest BCUT2D eigenvalue weighted by atomic mass is 10.1. The van der Waals surface area contributed by atoms with Crippen LogP contribution in [0.5, 0.6) is 5.75 Å². The van der Waals surface area contributed by atoms with E-state index in [0.29, 0.717) is 18.7 Å². The van der Waals surface area contributed by atoms with Gasteiger partial charge in [-0.25, -0.2) is 0 Å². The maximum atomic E-state index is 12.1. The third kappa shape index (κ3) is 3.24. The number of hydrogen-bond donors (Lipinski definition) is 3. The van der Waals surface area contributed by atoms with Gasteiger partial charge in [0.15, 0.2) is 0 Å². The van der Waals surface area contributed by atoms with Crippen LogP contribution < -0.4 is 10.6 Å². The Hall–Kier alpha value is -1.59. The van der Waals surface area contributed by atoms with Crippen LogP contribution in [0.1, 0.15) is 18.9 Å². The number of benzene rings is 1. The predicted octanol–water partition coefficient (Wildman–Crippen LogP) is 1.27. The molecule has 0 aliphatic carbocycles. The van der Waals surface area contributed by atoms with Gasteiger partial charge in [-0.2, -0.15) is 0 Å². The third-order valence-corrected chi connectivity index (χ3v) is 3.47. The van der Waals surface area contributed by atoms with E-state index in [9.17, 15) is 9.90 Å². The molecular formula is C14H20N2O3. The molecule has 104 valence electrons. The average Bonchev–Trinajstić information content (AvgIpc) is 2.90. The van der Waals surface area contributed by atoms with Crippen LogP contribution in [-0.4, -0.2) is 36.8 Å². The first-order chi connectivity index (χ1) is 9.13. The molecule has 1 aliphatic rings. The summed E-state index contributed by atoms with van der Waals surface area (Å²) in [5.41, 5.74) is 1.54. The maximum absolute atomic E-state index is 12.1. The fourth-order valence-electron chi connectivity index (χ4n) is 2.21. The normalized spacial score (nSPS) is 22.4. The van der Waals surface area contributed by atoms with Crippen molar-refractivity contribution in [3.63, 3.8) is 0 Å². The lowest BCUT2D eigenvalue weighted by molar-refractivity contribution is -0.118. The standard InChI is InChI=1S/C14H20N2O3/c1-3-9-4-5-13(17)11(6-9)16-14(18)12-7-10(19-2)8-15-12/h4-6,10,12,15,17H,3,7-8H2,1-2H3,(H,16,18). The Bertz CT molecular complexity index is 462. The van der Waals surface area contributed by atoms with Crippen LogP contribution in [0, 0.1) is 0 Å². The van der Waals surface area contributed by atoms with E-state index in [1.165, 1.54) is 0 Å². The number of aromatic hydroxyl groups is 1. The number of nitrogens with one attached hydrogen (secondary N) is 2. The summed E-state index contributed by atoms with van der Waals surface area (Å²) >= 11 is 0. The molecule has 1 amide bonds. The summed E-state index contributed by atoms with van der Waals surface area (Å²) in [4.78, 5) is 12.1. The van der Waals surface area contributed by atoms with Crippen LogP contribution in [0.25, 0.3) is 0 Å². The van der Waals surface area contributed by atoms with E-state index in [1.54, 1.807) is 19.2 Å². The van der Waals surface area contributed by atoms with Crippen LogP contribution in [0.15, 0.2) is 18.2 Å². The fraction of sp³-hybridized carbons (Fsp3) is 0.500. The number of carbonyl (C=O) groups is 1. The van der Waals surface area contributed by atoms with Crippen molar-refractivity contribution in [2.75, 3.05) is 19.0 Å². The van der Waals surface area contributed by atoms with Gasteiger partial charge < -0.3 is 20.5 Å². The molecule has 0 saturated carbocycles. The van der Waals surface area contributed by atoms with E-state index in [2.05, 4.69) is 10.6 Å². The average molecular weight is 264 g/mol. The van der Waals surface area contributed by atoms with Gasteiger partial charge in [-0.3, -0.25) is 4.79 Å². The summed E-state index contributed by atoms with van der Waals surface area (Å²) in [6.45, 7) is 2.70. The Kier molecular flexibility index (Phi) is 4.39. The van der Waals surface area contributed by atoms with Gasteiger partial charge >= 0.3 is 0 Å². The molecule has 1 aliphatic heterocycles. The summed E-state index contributed by atoms with van der Waals surface area (Å²) in [6, 6.07) is 4.99. The molecule has 2 rings (SSSR count). The predicted molar refractivity (Wildman–Crippen MR) is 73.3 cm³/mol. The second-order valence-corrected chi connectivity index (χ2v) is 4.75. The highest BCUT2D eigenvalue weighted by atomic mass is 16.5. The lowest BCUT2D eigenvalue weighted by Crippen LogP contribution is -2.35. The van der Waals surface area contributed by atoms with Gasteiger partial charge in [0.2, 0.25) is 5.91 Å². The molecule has 3 N–H and O–H groups in total. The smallest absolute Gasteiger partial charge is 0.241 e. The SMILES string of the molecule is CCc1ccc(O)c(NC(=O)C2CC(OC)CN2)c1. The first-order valence-electron chi connectivity index (χ1n) is 6.53. The first-order valence-corrected chi connectivity index (χ1v) is 6.53. The summed E-state index contributed by atoms with van der Waals surface area (Å²) in [7, 11) is 1.64. The molecule has 2 unspecified atom stereocenters. The van der Waals surface area contributed by atoms with Gasteiger partial charge in [-0.1, -0.05) is 13.0 Å². The van der Waals surface area contributed by atoms with Crippen molar-refractivity contribution in [1.82, 2.24) is 5.32 Å². The highest BCUT2D eigenvalue weighted by molar-refractivity contribution is 5.96. The fourth-order valence-corrected chi connectivity index (χ4v) is 2.21. The number of phenolic OH excluding ortho intramolecular Hbond substituents is 1. The van der Waals surface area contributed by atoms with Crippen LogP contribution in [-0.2, 0) is 16.0 Å². The van der Waals surface area contributed by atoms with Gasteiger partial charge in [0.1, 0.15) is 5.75 Å². The zero-order chi connectivity index (χ0) is 13.8. The van der Waals surface area contributed by atoms with Crippen LogP contribution in [0.3, 0.4) is 0 Å². The molecular weight excluding hydrogens is 244 g/mol. The molecule has 1 heterocycles. The monoisotopic (exact) mass is 264 g/mol. The molecule has 1 saturated heterocycles. The Morgan fingerprint density at radius 1 is 1.58 bits per heavy atom. The Morgan fingerprint density at radius 2 is 2.37 bits per heavy atom. The van der Waals surface area contributed by atoms with Crippen molar-refractivity contribution in [1.29, 1.82) is 0 Å². The van der Waals surface area contributed by atoms with Gasteiger partial charge in [0.05, 0.1) is 17.8 Å².